The maximum Gasteiger partial charge on any atom is 0.435 e. The lowest BCUT2D eigenvalue weighted by molar-refractivity contribution is -0.142. The predicted octanol–water partition coefficient (Wildman–Crippen LogP) is 6.17. The van der Waals surface area contributed by atoms with Gasteiger partial charge in [-0.1, -0.05) is 17.7 Å². The number of nitrogens with zero attached hydrogens (tertiary/aromatic N) is 7. The molecule has 1 saturated heterocycles. The summed E-state index contributed by atoms with van der Waals surface area (Å²) < 4.78 is 134. The number of rotatable bonds is 10. The van der Waals surface area contributed by atoms with Crippen molar-refractivity contribution in [2.24, 2.45) is 18.7 Å². The van der Waals surface area contributed by atoms with Crippen molar-refractivity contribution in [3.63, 3.8) is 0 Å². The fraction of sp³-hybridized carbons (Fsp3) is 0.405. The van der Waals surface area contributed by atoms with E-state index in [0.717, 1.165) is 18.4 Å². The second kappa shape index (κ2) is 13.8. The minimum Gasteiger partial charge on any atom is -0.368 e. The number of benzene rings is 2. The molecule has 0 spiro atoms. The number of fused-ring (bicyclic) bond motifs is 4. The summed E-state index contributed by atoms with van der Waals surface area (Å²) in [6.07, 6.45) is -5.04. The monoisotopic (exact) mass is 853 g/mol. The van der Waals surface area contributed by atoms with Crippen molar-refractivity contribution in [2.75, 3.05) is 49.1 Å². The topological polar surface area (TPSA) is 144 Å². The van der Waals surface area contributed by atoms with Gasteiger partial charge in [0.15, 0.2) is 11.5 Å². The highest BCUT2D eigenvalue weighted by Gasteiger charge is 2.69. The van der Waals surface area contributed by atoms with Gasteiger partial charge in [0.25, 0.3) is 5.92 Å². The van der Waals surface area contributed by atoms with E-state index in [-0.39, 0.29) is 50.5 Å². The molecule has 1 amide bonds. The molecular formula is C37H35ClF7N9O3S. The van der Waals surface area contributed by atoms with Crippen LogP contribution in [0.15, 0.2) is 42.5 Å². The van der Waals surface area contributed by atoms with Gasteiger partial charge in [-0.3, -0.25) is 14.2 Å². The fourth-order valence-electron chi connectivity index (χ4n) is 8.49. The number of anilines is 2. The van der Waals surface area contributed by atoms with Crippen LogP contribution in [0.3, 0.4) is 0 Å². The van der Waals surface area contributed by atoms with Crippen LogP contribution < -0.4 is 15.4 Å². The third-order valence-electron chi connectivity index (χ3n) is 11.1. The van der Waals surface area contributed by atoms with Gasteiger partial charge in [-0.15, -0.1) is 0 Å². The van der Waals surface area contributed by atoms with Gasteiger partial charge in [-0.05, 0) is 61.7 Å². The molecule has 0 bridgehead atoms. The molecule has 2 aromatic carbocycles. The highest BCUT2D eigenvalue weighted by Crippen LogP contribution is 2.69. The third-order valence-corrected chi connectivity index (χ3v) is 11.9. The quantitative estimate of drug-likeness (QED) is 0.159. The Morgan fingerprint density at radius 1 is 1.02 bits per heavy atom. The van der Waals surface area contributed by atoms with Crippen molar-refractivity contribution >= 4 is 50.1 Å². The van der Waals surface area contributed by atoms with Crippen molar-refractivity contribution in [3.05, 3.63) is 87.3 Å². The number of carbonyl (C=O) groups is 1. The number of aromatic nitrogens is 5. The summed E-state index contributed by atoms with van der Waals surface area (Å²) in [5, 5.41) is 8.24. The first-order valence-electron chi connectivity index (χ1n) is 18.0. The van der Waals surface area contributed by atoms with Gasteiger partial charge in [0, 0.05) is 67.8 Å². The largest absolute Gasteiger partial charge is 0.435 e. The zero-order valence-corrected chi connectivity index (χ0v) is 32.5. The molecule has 1 aliphatic heterocycles. The van der Waals surface area contributed by atoms with Crippen LogP contribution in [0.2, 0.25) is 5.02 Å². The zero-order chi connectivity index (χ0) is 41.8. The van der Waals surface area contributed by atoms with Gasteiger partial charge < -0.3 is 15.5 Å². The number of sulfonamides is 1. The Morgan fingerprint density at radius 2 is 1.67 bits per heavy atom. The summed E-state index contributed by atoms with van der Waals surface area (Å²) in [7, 11) is -0.455. The molecule has 4 atom stereocenters. The summed E-state index contributed by atoms with van der Waals surface area (Å²) in [6, 6.07) is 6.61. The number of nitrogens with two attached hydrogens (primary N) is 1. The first-order chi connectivity index (χ1) is 27.1. The normalized spacial score (nSPS) is 20.2. The molecule has 308 valence electrons. The van der Waals surface area contributed by atoms with Gasteiger partial charge in [0.2, 0.25) is 15.9 Å². The lowest BCUT2D eigenvalue weighted by Crippen LogP contribution is -2.45. The first-order valence-corrected chi connectivity index (χ1v) is 20.3. The minimum atomic E-state index is -5.19. The number of pyridine rings is 1. The molecule has 21 heteroatoms. The number of hydrogen-bond acceptors (Lipinski definition) is 8. The second-order valence-electron chi connectivity index (χ2n) is 15.1. The molecule has 58 heavy (non-hydrogen) atoms. The molecule has 4 heterocycles. The van der Waals surface area contributed by atoms with Crippen molar-refractivity contribution in [2.45, 2.75) is 42.8 Å². The molecule has 2 fully saturated rings. The molecule has 0 radical (unpaired) electrons. The highest BCUT2D eigenvalue weighted by atomic mass is 35.5. The Bertz CT molecular complexity index is 2590. The second-order valence-corrected chi connectivity index (χ2v) is 17.3. The number of aryl methyl sites for hydroxylation is 1. The van der Waals surface area contributed by atoms with E-state index in [2.05, 4.69) is 19.8 Å². The highest BCUT2D eigenvalue weighted by molar-refractivity contribution is 7.92. The lowest BCUT2D eigenvalue weighted by Gasteiger charge is -2.34. The van der Waals surface area contributed by atoms with Crippen molar-refractivity contribution < 1.29 is 43.9 Å². The van der Waals surface area contributed by atoms with E-state index in [9.17, 15) is 35.2 Å². The lowest BCUT2D eigenvalue weighted by atomic mass is 9.84. The Kier molecular flexibility index (Phi) is 9.50. The van der Waals surface area contributed by atoms with Crippen LogP contribution in [0.1, 0.15) is 52.5 Å². The molecule has 1 saturated carbocycles. The number of hydrogen-bond donors (Lipinski definition) is 2. The number of alkyl halides is 5. The summed E-state index contributed by atoms with van der Waals surface area (Å²) in [6.45, 7) is 2.19. The van der Waals surface area contributed by atoms with Crippen LogP contribution in [0.4, 0.5) is 42.4 Å². The predicted molar refractivity (Wildman–Crippen MR) is 200 cm³/mol. The maximum absolute atomic E-state index is 16.1. The number of likely N-dealkylation sites (N-methyl/N-ethyl adjacent to an activating group) is 1. The molecule has 3 aromatic heterocycles. The van der Waals surface area contributed by atoms with Gasteiger partial charge in [-0.2, -0.15) is 32.1 Å². The smallest absolute Gasteiger partial charge is 0.368 e. The Labute approximate surface area is 331 Å². The van der Waals surface area contributed by atoms with E-state index < -0.39 is 86.8 Å². The summed E-state index contributed by atoms with van der Waals surface area (Å²) >= 11 is 6.63. The Balaban J connectivity index is 1.43. The van der Waals surface area contributed by atoms with E-state index in [0.29, 0.717) is 42.7 Å². The number of carbonyl (C=O) groups excluding carboxylic acids is 1. The van der Waals surface area contributed by atoms with Gasteiger partial charge in [0.1, 0.15) is 29.2 Å². The number of piperazine rings is 1. The number of amides is 1. The number of primary amides is 1. The van der Waals surface area contributed by atoms with Crippen LogP contribution in [-0.4, -0.2) is 83.3 Å². The fourth-order valence-corrected chi connectivity index (χ4v) is 9.23. The molecule has 3 N–H and O–H groups in total. The molecule has 2 aliphatic carbocycles. The molecule has 3 aliphatic rings. The SMILES string of the molecule is CN1CCN(c2ccc(-c3ccc(Cl)c4c(NS(C)(=O)=O)nn(C)c34)c([C@@H](Cc3cc(F)cc(F)c3)C(C(N)=O)n3nc(C(F)(F)F)c4c3C(F)(F)[C@@H]3C[C@H]43)n2)CC1. The first kappa shape index (κ1) is 39.9. The Morgan fingerprint density at radius 3 is 2.29 bits per heavy atom. The summed E-state index contributed by atoms with van der Waals surface area (Å²) in [4.78, 5) is 22.8. The van der Waals surface area contributed by atoms with Crippen molar-refractivity contribution in [1.29, 1.82) is 0 Å². The standard InChI is InChI=1S/C37H35ClF7N9O3S/c1-51-8-10-53(11-9-51)26-7-5-20(21-4-6-25(38)28-30(21)52(2)49-35(28)50-58(3,56)57)29(47-26)23(14-17-12-18(39)15-19(40)13-17)31(34(46)55)54-33-27(32(48-54)37(43,44)45)22-16-24(22)36(33,41)42/h4-7,12-13,15,22-24,31H,8-11,14,16H2,1-3H3,(H2,46,55)(H,49,50)/t22-,23+,24+,31?/m0/s1. The van der Waals surface area contributed by atoms with Gasteiger partial charge in [-0.25, -0.2) is 26.9 Å². The minimum absolute atomic E-state index is 0.0726. The van der Waals surface area contributed by atoms with Crippen LogP contribution in [0.5, 0.6) is 0 Å². The molecular weight excluding hydrogens is 819 g/mol. The van der Waals surface area contributed by atoms with Gasteiger partial charge >= 0.3 is 6.18 Å². The average Bonchev–Trinajstić information content (AvgIpc) is 3.64. The average molecular weight is 854 g/mol. The van der Waals surface area contributed by atoms with E-state index in [1.807, 2.05) is 11.9 Å². The molecule has 8 rings (SSSR count). The summed E-state index contributed by atoms with van der Waals surface area (Å²) in [5.74, 6) is -11.2. The van der Waals surface area contributed by atoms with Gasteiger partial charge in [0.05, 0.1) is 27.9 Å². The van der Waals surface area contributed by atoms with Crippen LogP contribution in [0.25, 0.3) is 22.0 Å². The van der Waals surface area contributed by atoms with Crippen LogP contribution >= 0.6 is 11.6 Å². The maximum atomic E-state index is 16.1. The number of halogens is 8. The van der Waals surface area contributed by atoms with E-state index in [1.54, 1.807) is 18.2 Å². The van der Waals surface area contributed by atoms with Crippen molar-refractivity contribution in [1.82, 2.24) is 29.4 Å². The molecule has 1 unspecified atom stereocenters. The molecule has 5 aromatic rings. The summed E-state index contributed by atoms with van der Waals surface area (Å²) in [5.41, 5.74) is 3.16. The van der Waals surface area contributed by atoms with Crippen LogP contribution in [0, 0.1) is 17.6 Å². The van der Waals surface area contributed by atoms with E-state index >= 15 is 8.78 Å². The third kappa shape index (κ3) is 6.91. The Hall–Kier alpha value is -4.95. The number of nitrogens with one attached hydrogen (secondary N) is 1. The molecule has 12 nitrogen and oxygen atoms in total. The van der Waals surface area contributed by atoms with Crippen LogP contribution in [-0.2, 0) is 40.4 Å². The van der Waals surface area contributed by atoms with E-state index in [4.69, 9.17) is 22.3 Å². The van der Waals surface area contributed by atoms with E-state index in [1.165, 1.54) is 17.8 Å². The van der Waals surface area contributed by atoms with Crippen molar-refractivity contribution in [3.8, 4) is 11.1 Å². The zero-order valence-electron chi connectivity index (χ0n) is 31.0.